The Kier molecular flexibility index (Phi) is 3.95. The minimum atomic E-state index is -0.503. The van der Waals surface area contributed by atoms with E-state index >= 15 is 0 Å². The van der Waals surface area contributed by atoms with E-state index in [9.17, 15) is 9.59 Å². The van der Waals surface area contributed by atoms with E-state index in [-0.39, 0.29) is 17.8 Å². The lowest BCUT2D eigenvalue weighted by atomic mass is 9.79. The number of ether oxygens (including phenoxy) is 3. The lowest BCUT2D eigenvalue weighted by Crippen LogP contribution is -2.32. The van der Waals surface area contributed by atoms with Gasteiger partial charge in [0.25, 0.3) is 0 Å². The van der Waals surface area contributed by atoms with Crippen LogP contribution in [0.1, 0.15) is 11.5 Å². The highest BCUT2D eigenvalue weighted by molar-refractivity contribution is 9.10. The second-order valence-corrected chi connectivity index (χ2v) is 6.21. The molecule has 5 nitrogen and oxygen atoms in total. The van der Waals surface area contributed by atoms with Crippen LogP contribution in [0.15, 0.2) is 34.3 Å². The highest BCUT2D eigenvalue weighted by Crippen LogP contribution is 2.50. The van der Waals surface area contributed by atoms with Crippen LogP contribution in [0, 0.1) is 11.8 Å². The van der Waals surface area contributed by atoms with Gasteiger partial charge in [-0.25, -0.2) is 4.79 Å². The summed E-state index contributed by atoms with van der Waals surface area (Å²) in [7, 11) is 2.68. The van der Waals surface area contributed by atoms with Crippen molar-refractivity contribution in [3.8, 4) is 5.75 Å². The van der Waals surface area contributed by atoms with Crippen LogP contribution in [-0.4, -0.2) is 32.8 Å². The van der Waals surface area contributed by atoms with Crippen molar-refractivity contribution in [1.82, 2.24) is 0 Å². The van der Waals surface area contributed by atoms with Crippen molar-refractivity contribution in [3.63, 3.8) is 0 Å². The van der Waals surface area contributed by atoms with Gasteiger partial charge in [0.05, 0.1) is 26.7 Å². The van der Waals surface area contributed by atoms with Crippen molar-refractivity contribution in [2.45, 2.75) is 5.92 Å². The Balaban J connectivity index is 2.09. The first-order valence-corrected chi connectivity index (χ1v) is 7.66. The molecule has 22 heavy (non-hydrogen) atoms. The van der Waals surface area contributed by atoms with Crippen LogP contribution in [0.5, 0.6) is 5.75 Å². The molecule has 0 radical (unpaired) electrons. The third-order valence-electron chi connectivity index (χ3n) is 4.22. The van der Waals surface area contributed by atoms with E-state index in [2.05, 4.69) is 15.9 Å². The Morgan fingerprint density at radius 3 is 2.73 bits per heavy atom. The topological polar surface area (TPSA) is 61.8 Å². The molecule has 3 rings (SSSR count). The molecule has 0 bridgehead atoms. The van der Waals surface area contributed by atoms with Gasteiger partial charge in [0.15, 0.2) is 0 Å². The van der Waals surface area contributed by atoms with E-state index in [4.69, 9.17) is 14.2 Å². The van der Waals surface area contributed by atoms with Crippen molar-refractivity contribution in [2.75, 3.05) is 20.8 Å². The fourth-order valence-electron chi connectivity index (χ4n) is 3.23. The first-order chi connectivity index (χ1) is 10.6. The first kappa shape index (κ1) is 15.1. The highest BCUT2D eigenvalue weighted by Gasteiger charge is 2.48. The van der Waals surface area contributed by atoms with Gasteiger partial charge >= 0.3 is 11.9 Å². The Bertz CT molecular complexity index is 667. The molecule has 0 fully saturated rings. The van der Waals surface area contributed by atoms with Crippen LogP contribution in [0.2, 0.25) is 0 Å². The molecule has 0 saturated carbocycles. The molecule has 3 atom stereocenters. The number of halogens is 1. The smallest absolute Gasteiger partial charge is 0.334 e. The van der Waals surface area contributed by atoms with Gasteiger partial charge in [-0.2, -0.15) is 0 Å². The van der Waals surface area contributed by atoms with E-state index in [1.807, 2.05) is 18.2 Å². The third kappa shape index (κ3) is 2.31. The van der Waals surface area contributed by atoms with Gasteiger partial charge in [-0.3, -0.25) is 4.79 Å². The predicted octanol–water partition coefficient (Wildman–Crippen LogP) is 2.44. The largest absolute Gasteiger partial charge is 0.493 e. The van der Waals surface area contributed by atoms with Gasteiger partial charge in [-0.1, -0.05) is 22.0 Å². The second kappa shape index (κ2) is 5.76. The van der Waals surface area contributed by atoms with E-state index in [1.165, 1.54) is 14.2 Å². The number of fused-ring (bicyclic) bond motifs is 3. The lowest BCUT2D eigenvalue weighted by Gasteiger charge is -2.32. The molecule has 0 amide bonds. The Morgan fingerprint density at radius 1 is 1.27 bits per heavy atom. The van der Waals surface area contributed by atoms with Crippen molar-refractivity contribution in [1.29, 1.82) is 0 Å². The number of carbonyl (C=O) groups is 2. The number of methoxy groups -OCH3 is 2. The van der Waals surface area contributed by atoms with Crippen LogP contribution in [0.4, 0.5) is 0 Å². The number of benzene rings is 1. The monoisotopic (exact) mass is 366 g/mol. The number of carbonyl (C=O) groups excluding carboxylic acids is 2. The van der Waals surface area contributed by atoms with E-state index in [0.29, 0.717) is 12.2 Å². The molecule has 1 aromatic rings. The fraction of sp³-hybridized carbons (Fsp3) is 0.375. The van der Waals surface area contributed by atoms with Crippen molar-refractivity contribution in [3.05, 3.63) is 39.9 Å². The Hall–Kier alpha value is -1.82. The summed E-state index contributed by atoms with van der Waals surface area (Å²) in [6.45, 7) is 0.357. The highest BCUT2D eigenvalue weighted by atomic mass is 79.9. The molecule has 0 aromatic heterocycles. The first-order valence-electron chi connectivity index (χ1n) is 6.87. The Morgan fingerprint density at radius 2 is 2.05 bits per heavy atom. The molecule has 0 saturated heterocycles. The molecule has 0 N–H and O–H groups in total. The summed E-state index contributed by atoms with van der Waals surface area (Å²) < 4.78 is 16.4. The zero-order valence-corrected chi connectivity index (χ0v) is 13.8. The average molecular weight is 367 g/mol. The molecular formula is C16H15BrO5. The summed E-state index contributed by atoms with van der Waals surface area (Å²) >= 11 is 3.44. The number of hydrogen-bond donors (Lipinski definition) is 0. The number of hydrogen-bond acceptors (Lipinski definition) is 5. The summed E-state index contributed by atoms with van der Waals surface area (Å²) in [5, 5.41) is 0. The summed E-state index contributed by atoms with van der Waals surface area (Å²) in [5.74, 6) is -0.952. The SMILES string of the molecule is COC(=O)C1=C[C@@H](C(=O)OC)[C@@H]2COc3ccc(Br)cc3[C@H]12. The van der Waals surface area contributed by atoms with Crippen molar-refractivity contribution in [2.24, 2.45) is 11.8 Å². The zero-order valence-electron chi connectivity index (χ0n) is 12.2. The third-order valence-corrected chi connectivity index (χ3v) is 4.71. The number of rotatable bonds is 2. The maximum atomic E-state index is 12.1. The fourth-order valence-corrected chi connectivity index (χ4v) is 3.61. The molecule has 1 heterocycles. The van der Waals surface area contributed by atoms with Crippen LogP contribution in [-0.2, 0) is 19.1 Å². The van der Waals surface area contributed by atoms with Gasteiger partial charge in [0.2, 0.25) is 0 Å². The Labute approximate surface area is 136 Å². The van der Waals surface area contributed by atoms with Crippen LogP contribution in [0.3, 0.4) is 0 Å². The molecule has 1 aromatic carbocycles. The van der Waals surface area contributed by atoms with Crippen LogP contribution < -0.4 is 4.74 Å². The average Bonchev–Trinajstić information content (AvgIpc) is 2.93. The van der Waals surface area contributed by atoms with Gasteiger partial charge < -0.3 is 14.2 Å². The number of esters is 2. The summed E-state index contributed by atoms with van der Waals surface area (Å²) in [6, 6.07) is 5.66. The minimum Gasteiger partial charge on any atom is -0.493 e. The molecule has 1 aliphatic heterocycles. The lowest BCUT2D eigenvalue weighted by molar-refractivity contribution is -0.145. The molecule has 116 valence electrons. The van der Waals surface area contributed by atoms with E-state index < -0.39 is 11.9 Å². The quantitative estimate of drug-likeness (QED) is 0.752. The molecule has 0 spiro atoms. The minimum absolute atomic E-state index is 0.164. The summed E-state index contributed by atoms with van der Waals surface area (Å²) in [6.07, 6.45) is 1.66. The molecule has 1 aliphatic carbocycles. The zero-order chi connectivity index (χ0) is 15.9. The second-order valence-electron chi connectivity index (χ2n) is 5.30. The predicted molar refractivity (Wildman–Crippen MR) is 81.5 cm³/mol. The summed E-state index contributed by atoms with van der Waals surface area (Å²) in [4.78, 5) is 24.1. The maximum absolute atomic E-state index is 12.1. The maximum Gasteiger partial charge on any atom is 0.334 e. The van der Waals surface area contributed by atoms with Gasteiger partial charge in [0, 0.05) is 27.4 Å². The standard InChI is InChI=1S/C16H15BrO5/c1-20-15(18)9-6-11(16(19)21-2)14-10-5-8(17)3-4-13(10)22-7-12(9)14/h3-6,9,12,14H,7H2,1-2H3/t9-,12+,14-/m1/s1. The van der Waals surface area contributed by atoms with Crippen molar-refractivity contribution < 1.29 is 23.8 Å². The van der Waals surface area contributed by atoms with E-state index in [1.54, 1.807) is 6.08 Å². The van der Waals surface area contributed by atoms with Crippen LogP contribution >= 0.6 is 15.9 Å². The van der Waals surface area contributed by atoms with Gasteiger partial charge in [0.1, 0.15) is 5.75 Å². The molecular weight excluding hydrogens is 352 g/mol. The molecule has 0 unspecified atom stereocenters. The van der Waals surface area contributed by atoms with Crippen LogP contribution in [0.25, 0.3) is 0 Å². The molecule has 2 aliphatic rings. The van der Waals surface area contributed by atoms with Gasteiger partial charge in [-0.15, -0.1) is 0 Å². The van der Waals surface area contributed by atoms with Gasteiger partial charge in [-0.05, 0) is 18.2 Å². The van der Waals surface area contributed by atoms with Crippen molar-refractivity contribution >= 4 is 27.9 Å². The normalized spacial score (nSPS) is 25.4. The summed E-state index contributed by atoms with van der Waals surface area (Å²) in [5.41, 5.74) is 1.37. The van der Waals surface area contributed by atoms with E-state index in [0.717, 1.165) is 15.8 Å². The molecule has 6 heteroatoms.